The van der Waals surface area contributed by atoms with E-state index in [4.69, 9.17) is 5.11 Å². The highest BCUT2D eigenvalue weighted by Crippen LogP contribution is 2.07. The number of hydrogen-bond acceptors (Lipinski definition) is 3. The molecule has 1 amide bonds. The lowest BCUT2D eigenvalue weighted by Crippen LogP contribution is -2.20. The van der Waals surface area contributed by atoms with Crippen molar-refractivity contribution in [3.63, 3.8) is 0 Å². The third-order valence-electron chi connectivity index (χ3n) is 3.06. The Morgan fingerprint density at radius 3 is 2.35 bits per heavy atom. The zero-order valence-corrected chi connectivity index (χ0v) is 12.2. The van der Waals surface area contributed by atoms with Gasteiger partial charge < -0.3 is 5.11 Å². The molecule has 0 atom stereocenters. The number of benzene rings is 2. The lowest BCUT2D eigenvalue weighted by Gasteiger charge is -2.06. The van der Waals surface area contributed by atoms with Crippen LogP contribution in [0.25, 0.3) is 0 Å². The zero-order valence-electron chi connectivity index (χ0n) is 12.2. The quantitative estimate of drug-likeness (QED) is 0.635. The maximum atomic E-state index is 13.1. The highest BCUT2D eigenvalue weighted by atomic mass is 19.1. The number of hydrazone groups is 1. The number of carboxylic acids is 1. The van der Waals surface area contributed by atoms with Crippen LogP contribution >= 0.6 is 0 Å². The van der Waals surface area contributed by atoms with Crippen molar-refractivity contribution in [1.82, 2.24) is 5.43 Å². The van der Waals surface area contributed by atoms with Crippen LogP contribution in [-0.2, 0) is 4.79 Å². The van der Waals surface area contributed by atoms with Crippen molar-refractivity contribution in [2.45, 2.75) is 12.8 Å². The number of rotatable bonds is 6. The Bertz CT molecular complexity index is 730. The van der Waals surface area contributed by atoms with Crippen LogP contribution in [0.15, 0.2) is 59.7 Å². The van der Waals surface area contributed by atoms with Crippen LogP contribution < -0.4 is 5.43 Å². The van der Waals surface area contributed by atoms with E-state index in [2.05, 4.69) is 10.5 Å². The number of carbonyl (C=O) groups excluding carboxylic acids is 1. The summed E-state index contributed by atoms with van der Waals surface area (Å²) >= 11 is 0. The Morgan fingerprint density at radius 2 is 1.70 bits per heavy atom. The van der Waals surface area contributed by atoms with Gasteiger partial charge >= 0.3 is 5.97 Å². The number of nitrogens with one attached hydrogen (secondary N) is 1. The van der Waals surface area contributed by atoms with Crippen molar-refractivity contribution in [2.24, 2.45) is 5.10 Å². The number of amides is 1. The molecular formula is C17H15FN2O3. The van der Waals surface area contributed by atoms with E-state index >= 15 is 0 Å². The van der Waals surface area contributed by atoms with Gasteiger partial charge in [-0.25, -0.2) is 9.82 Å². The molecule has 0 radical (unpaired) electrons. The van der Waals surface area contributed by atoms with Gasteiger partial charge in [-0.1, -0.05) is 36.4 Å². The van der Waals surface area contributed by atoms with Crippen LogP contribution in [0.1, 0.15) is 28.8 Å². The summed E-state index contributed by atoms with van der Waals surface area (Å²) < 4.78 is 13.1. The second kappa shape index (κ2) is 7.84. The fourth-order valence-electron chi connectivity index (χ4n) is 1.93. The molecule has 23 heavy (non-hydrogen) atoms. The van der Waals surface area contributed by atoms with E-state index in [1.807, 2.05) is 6.07 Å². The highest BCUT2D eigenvalue weighted by Gasteiger charge is 2.09. The molecule has 2 rings (SSSR count). The first kappa shape index (κ1) is 16.4. The van der Waals surface area contributed by atoms with E-state index in [-0.39, 0.29) is 18.4 Å². The summed E-state index contributed by atoms with van der Waals surface area (Å²) in [5.41, 5.74) is 3.63. The van der Waals surface area contributed by atoms with Gasteiger partial charge in [0, 0.05) is 12.0 Å². The molecule has 2 aromatic carbocycles. The lowest BCUT2D eigenvalue weighted by molar-refractivity contribution is -0.136. The summed E-state index contributed by atoms with van der Waals surface area (Å²) in [5, 5.41) is 12.8. The fraction of sp³-hybridized carbons (Fsp3) is 0.118. The third-order valence-corrected chi connectivity index (χ3v) is 3.06. The monoisotopic (exact) mass is 314 g/mol. The standard InChI is InChI=1S/C17H15FN2O3/c18-14-8-4-7-13(11-14)17(23)20-19-15(9-10-16(21)22)12-5-2-1-3-6-12/h1-8,11H,9-10H2,(H,20,23)(H,21,22)/b19-15-. The first-order valence-electron chi connectivity index (χ1n) is 6.96. The maximum Gasteiger partial charge on any atom is 0.303 e. The minimum atomic E-state index is -0.954. The van der Waals surface area contributed by atoms with Gasteiger partial charge in [-0.05, 0) is 23.8 Å². The molecule has 0 aliphatic carbocycles. The topological polar surface area (TPSA) is 78.8 Å². The summed E-state index contributed by atoms with van der Waals surface area (Å²) in [4.78, 5) is 22.7. The van der Waals surface area contributed by atoms with E-state index in [1.165, 1.54) is 18.2 Å². The van der Waals surface area contributed by atoms with Crippen molar-refractivity contribution in [1.29, 1.82) is 0 Å². The van der Waals surface area contributed by atoms with E-state index in [1.54, 1.807) is 24.3 Å². The Kier molecular flexibility index (Phi) is 5.57. The van der Waals surface area contributed by atoms with Crippen molar-refractivity contribution in [3.8, 4) is 0 Å². The molecule has 0 heterocycles. The van der Waals surface area contributed by atoms with E-state index in [0.717, 1.165) is 6.07 Å². The number of hydrogen-bond donors (Lipinski definition) is 2. The summed E-state index contributed by atoms with van der Waals surface area (Å²) in [5.74, 6) is -2.03. The number of halogens is 1. The molecule has 118 valence electrons. The summed E-state index contributed by atoms with van der Waals surface area (Å²) in [7, 11) is 0. The molecule has 2 N–H and O–H groups in total. The van der Waals surface area contributed by atoms with Gasteiger partial charge in [-0.3, -0.25) is 9.59 Å². The Balaban J connectivity index is 2.16. The molecule has 2 aromatic rings. The van der Waals surface area contributed by atoms with Gasteiger partial charge in [0.05, 0.1) is 12.1 Å². The number of nitrogens with zero attached hydrogens (tertiary/aromatic N) is 1. The molecule has 0 unspecified atom stereocenters. The SMILES string of the molecule is O=C(O)CC/C(=N/NC(=O)c1cccc(F)c1)c1ccccc1. The highest BCUT2D eigenvalue weighted by molar-refractivity contribution is 6.03. The molecule has 0 saturated carbocycles. The molecular weight excluding hydrogens is 299 g/mol. The average Bonchev–Trinajstić information content (AvgIpc) is 2.55. The van der Waals surface area contributed by atoms with Crippen LogP contribution in [0, 0.1) is 5.82 Å². The first-order valence-corrected chi connectivity index (χ1v) is 6.96. The van der Waals surface area contributed by atoms with Gasteiger partial charge in [-0.2, -0.15) is 5.10 Å². The smallest absolute Gasteiger partial charge is 0.303 e. The number of carboxylic acid groups (broad SMARTS) is 1. The summed E-state index contributed by atoms with van der Waals surface area (Å²) in [6.07, 6.45) is 0.0618. The second-order valence-corrected chi connectivity index (χ2v) is 4.77. The van der Waals surface area contributed by atoms with Gasteiger partial charge in [0.2, 0.25) is 0 Å². The van der Waals surface area contributed by atoms with Crippen LogP contribution in [0.4, 0.5) is 4.39 Å². The molecule has 0 spiro atoms. The predicted molar refractivity (Wildman–Crippen MR) is 83.7 cm³/mol. The fourth-order valence-corrected chi connectivity index (χ4v) is 1.93. The molecule has 0 fully saturated rings. The van der Waals surface area contributed by atoms with Crippen molar-refractivity contribution < 1.29 is 19.1 Å². The molecule has 0 bridgehead atoms. The third kappa shape index (κ3) is 5.03. The largest absolute Gasteiger partial charge is 0.481 e. The van der Waals surface area contributed by atoms with Crippen molar-refractivity contribution in [2.75, 3.05) is 0 Å². The zero-order chi connectivity index (χ0) is 16.7. The number of carbonyl (C=O) groups is 2. The molecule has 6 heteroatoms. The molecule has 0 aliphatic heterocycles. The predicted octanol–water partition coefficient (Wildman–Crippen LogP) is 2.82. The van der Waals surface area contributed by atoms with Crippen LogP contribution in [0.2, 0.25) is 0 Å². The van der Waals surface area contributed by atoms with Crippen molar-refractivity contribution in [3.05, 3.63) is 71.5 Å². The number of aliphatic carboxylic acids is 1. The molecule has 5 nitrogen and oxygen atoms in total. The first-order chi connectivity index (χ1) is 11.1. The summed E-state index contributed by atoms with van der Waals surface area (Å²) in [6.45, 7) is 0. The van der Waals surface area contributed by atoms with E-state index in [9.17, 15) is 14.0 Å². The van der Waals surface area contributed by atoms with Crippen LogP contribution in [0.3, 0.4) is 0 Å². The summed E-state index contributed by atoms with van der Waals surface area (Å²) in [6, 6.07) is 14.2. The minimum absolute atomic E-state index is 0.108. The van der Waals surface area contributed by atoms with E-state index < -0.39 is 17.7 Å². The Labute approximate surface area is 132 Å². The Morgan fingerprint density at radius 1 is 1.00 bits per heavy atom. The maximum absolute atomic E-state index is 13.1. The van der Waals surface area contributed by atoms with Crippen LogP contribution in [-0.4, -0.2) is 22.7 Å². The van der Waals surface area contributed by atoms with Gasteiger partial charge in [0.15, 0.2) is 0 Å². The second-order valence-electron chi connectivity index (χ2n) is 4.77. The lowest BCUT2D eigenvalue weighted by atomic mass is 10.1. The molecule has 0 aliphatic rings. The Hall–Kier alpha value is -3.02. The van der Waals surface area contributed by atoms with Crippen molar-refractivity contribution >= 4 is 17.6 Å². The van der Waals surface area contributed by atoms with E-state index in [0.29, 0.717) is 11.3 Å². The molecule has 0 aromatic heterocycles. The van der Waals surface area contributed by atoms with Gasteiger partial charge in [0.1, 0.15) is 5.82 Å². The average molecular weight is 314 g/mol. The molecule has 0 saturated heterocycles. The van der Waals surface area contributed by atoms with Crippen LogP contribution in [0.5, 0.6) is 0 Å². The van der Waals surface area contributed by atoms with Gasteiger partial charge in [-0.15, -0.1) is 0 Å². The normalized spacial score (nSPS) is 11.1. The van der Waals surface area contributed by atoms with Gasteiger partial charge in [0.25, 0.3) is 5.91 Å². The minimum Gasteiger partial charge on any atom is -0.481 e.